The molecule has 1 amide bonds. The molecular weight excluding hydrogens is 262 g/mol. The van der Waals surface area contributed by atoms with Gasteiger partial charge in [0.25, 0.3) is 5.91 Å². The molecule has 0 aromatic heterocycles. The van der Waals surface area contributed by atoms with Crippen molar-refractivity contribution in [3.8, 4) is 0 Å². The molecule has 1 aromatic rings. The third-order valence-corrected chi connectivity index (χ3v) is 3.54. The number of nitro benzene ring substituents is 1. The van der Waals surface area contributed by atoms with Gasteiger partial charge in [-0.3, -0.25) is 14.9 Å². The Hall–Kier alpha value is -2.15. The normalized spacial score (nSPS) is 18.9. The van der Waals surface area contributed by atoms with Crippen molar-refractivity contribution < 1.29 is 14.8 Å². The number of anilines is 1. The van der Waals surface area contributed by atoms with Crippen molar-refractivity contribution in [1.29, 1.82) is 0 Å². The van der Waals surface area contributed by atoms with Crippen molar-refractivity contribution in [3.05, 3.63) is 33.9 Å². The summed E-state index contributed by atoms with van der Waals surface area (Å²) >= 11 is 0. The summed E-state index contributed by atoms with van der Waals surface area (Å²) in [6.07, 6.45) is 1.65. The number of amides is 1. The van der Waals surface area contributed by atoms with Gasteiger partial charge >= 0.3 is 5.69 Å². The van der Waals surface area contributed by atoms with E-state index in [4.69, 9.17) is 5.73 Å². The zero-order valence-electron chi connectivity index (χ0n) is 11.0. The number of benzene rings is 1. The Morgan fingerprint density at radius 2 is 2.30 bits per heavy atom. The topological polar surface area (TPSA) is 110 Å². The Morgan fingerprint density at radius 1 is 1.55 bits per heavy atom. The van der Waals surface area contributed by atoms with Crippen molar-refractivity contribution in [1.82, 2.24) is 4.90 Å². The fourth-order valence-electron chi connectivity index (χ4n) is 2.51. The van der Waals surface area contributed by atoms with E-state index in [1.54, 1.807) is 4.90 Å². The molecule has 1 saturated heterocycles. The number of nitrogens with zero attached hydrogens (tertiary/aromatic N) is 2. The van der Waals surface area contributed by atoms with Gasteiger partial charge < -0.3 is 15.7 Å². The number of likely N-dealkylation sites (tertiary alicyclic amines) is 1. The van der Waals surface area contributed by atoms with Crippen LogP contribution in [0.4, 0.5) is 11.4 Å². The molecule has 1 aromatic carbocycles. The van der Waals surface area contributed by atoms with Crippen LogP contribution >= 0.6 is 0 Å². The van der Waals surface area contributed by atoms with E-state index >= 15 is 0 Å². The van der Waals surface area contributed by atoms with E-state index in [0.717, 1.165) is 12.8 Å². The third kappa shape index (κ3) is 2.72. The standard InChI is InChI=1S/C13H17N3O4/c14-11-5-1-4-10(12(11)16(19)20)13(18)15-6-2-3-9(7-15)8-17/h1,4-5,9,17H,2-3,6-8,14H2. The van der Waals surface area contributed by atoms with Crippen LogP contribution in [0.1, 0.15) is 23.2 Å². The molecule has 7 nitrogen and oxygen atoms in total. The molecule has 1 fully saturated rings. The molecule has 1 aliphatic heterocycles. The van der Waals surface area contributed by atoms with Crippen LogP contribution in [-0.4, -0.2) is 40.5 Å². The van der Waals surface area contributed by atoms with Gasteiger partial charge in [0.2, 0.25) is 0 Å². The number of aliphatic hydroxyl groups excluding tert-OH is 1. The second-order valence-electron chi connectivity index (χ2n) is 4.94. The Labute approximate surface area is 116 Å². The summed E-state index contributed by atoms with van der Waals surface area (Å²) in [7, 11) is 0. The van der Waals surface area contributed by atoms with Crippen LogP contribution in [0.3, 0.4) is 0 Å². The quantitative estimate of drug-likeness (QED) is 0.487. The van der Waals surface area contributed by atoms with Gasteiger partial charge in [-0.1, -0.05) is 6.07 Å². The van der Waals surface area contributed by atoms with Crippen molar-refractivity contribution in [3.63, 3.8) is 0 Å². The summed E-state index contributed by atoms with van der Waals surface area (Å²) in [6, 6.07) is 4.35. The summed E-state index contributed by atoms with van der Waals surface area (Å²) in [5, 5.41) is 20.2. The molecule has 0 aliphatic carbocycles. The minimum absolute atomic E-state index is 0.00795. The van der Waals surface area contributed by atoms with E-state index in [2.05, 4.69) is 0 Å². The summed E-state index contributed by atoms with van der Waals surface area (Å²) in [4.78, 5) is 24.4. The number of aliphatic hydroxyl groups is 1. The molecule has 3 N–H and O–H groups in total. The van der Waals surface area contributed by atoms with E-state index in [1.165, 1.54) is 18.2 Å². The number of nitrogens with two attached hydrogens (primary N) is 1. The Morgan fingerprint density at radius 3 is 2.95 bits per heavy atom. The smallest absolute Gasteiger partial charge is 0.304 e. The molecule has 0 spiro atoms. The van der Waals surface area contributed by atoms with Gasteiger partial charge in [-0.25, -0.2) is 0 Å². The molecule has 7 heteroatoms. The van der Waals surface area contributed by atoms with Crippen LogP contribution in [0.15, 0.2) is 18.2 Å². The Kier molecular flexibility index (Phi) is 4.19. The van der Waals surface area contributed by atoms with Crippen molar-refractivity contribution >= 4 is 17.3 Å². The molecule has 108 valence electrons. The molecule has 1 atom stereocenters. The lowest BCUT2D eigenvalue weighted by Crippen LogP contribution is -2.41. The van der Waals surface area contributed by atoms with Gasteiger partial charge in [0, 0.05) is 19.7 Å². The van der Waals surface area contributed by atoms with Gasteiger partial charge in [0.15, 0.2) is 0 Å². The molecule has 2 rings (SSSR count). The second kappa shape index (κ2) is 5.87. The van der Waals surface area contributed by atoms with Gasteiger partial charge in [0.05, 0.1) is 4.92 Å². The van der Waals surface area contributed by atoms with E-state index in [9.17, 15) is 20.0 Å². The second-order valence-corrected chi connectivity index (χ2v) is 4.94. The maximum absolute atomic E-state index is 12.4. The highest BCUT2D eigenvalue weighted by molar-refractivity contribution is 6.00. The minimum atomic E-state index is -0.629. The first-order valence-electron chi connectivity index (χ1n) is 6.47. The lowest BCUT2D eigenvalue weighted by Gasteiger charge is -2.31. The summed E-state index contributed by atoms with van der Waals surface area (Å²) in [6.45, 7) is 0.978. The van der Waals surface area contributed by atoms with Crippen LogP contribution < -0.4 is 5.73 Å². The van der Waals surface area contributed by atoms with Crippen LogP contribution in [0.5, 0.6) is 0 Å². The number of hydrogen-bond donors (Lipinski definition) is 2. The highest BCUT2D eigenvalue weighted by atomic mass is 16.6. The number of para-hydroxylation sites is 1. The maximum atomic E-state index is 12.4. The fraction of sp³-hybridized carbons (Fsp3) is 0.462. The molecule has 1 heterocycles. The molecule has 20 heavy (non-hydrogen) atoms. The number of piperidine rings is 1. The predicted octanol–water partition coefficient (Wildman–Crippen LogP) is 1.02. The van der Waals surface area contributed by atoms with Crippen molar-refractivity contribution in [2.45, 2.75) is 12.8 Å². The van der Waals surface area contributed by atoms with Crippen LogP contribution in [-0.2, 0) is 0 Å². The van der Waals surface area contributed by atoms with E-state index in [1.807, 2.05) is 0 Å². The monoisotopic (exact) mass is 279 g/mol. The summed E-state index contributed by atoms with van der Waals surface area (Å²) in [5.41, 5.74) is 5.24. The molecule has 1 aliphatic rings. The van der Waals surface area contributed by atoms with E-state index < -0.39 is 10.8 Å². The highest BCUT2D eigenvalue weighted by Crippen LogP contribution is 2.28. The van der Waals surface area contributed by atoms with Crippen LogP contribution in [0.2, 0.25) is 0 Å². The Bertz CT molecular complexity index is 532. The van der Waals surface area contributed by atoms with Crippen molar-refractivity contribution in [2.24, 2.45) is 5.92 Å². The zero-order chi connectivity index (χ0) is 14.7. The van der Waals surface area contributed by atoms with Gasteiger partial charge in [0.1, 0.15) is 11.3 Å². The van der Waals surface area contributed by atoms with E-state index in [0.29, 0.717) is 13.1 Å². The summed E-state index contributed by atoms with van der Waals surface area (Å²) < 4.78 is 0. The number of rotatable bonds is 3. The van der Waals surface area contributed by atoms with Gasteiger partial charge in [-0.15, -0.1) is 0 Å². The van der Waals surface area contributed by atoms with Crippen LogP contribution in [0.25, 0.3) is 0 Å². The minimum Gasteiger partial charge on any atom is -0.396 e. The lowest BCUT2D eigenvalue weighted by atomic mass is 9.98. The fourth-order valence-corrected chi connectivity index (χ4v) is 2.51. The molecule has 0 radical (unpaired) electrons. The largest absolute Gasteiger partial charge is 0.396 e. The first-order valence-corrected chi connectivity index (χ1v) is 6.47. The molecule has 0 bridgehead atoms. The van der Waals surface area contributed by atoms with E-state index in [-0.39, 0.29) is 29.5 Å². The number of carbonyl (C=O) groups excluding carboxylic acids is 1. The molecular formula is C13H17N3O4. The average Bonchev–Trinajstić information content (AvgIpc) is 2.45. The average molecular weight is 279 g/mol. The number of nitro groups is 1. The Balaban J connectivity index is 2.29. The first-order chi connectivity index (χ1) is 9.54. The number of carbonyl (C=O) groups is 1. The molecule has 1 unspecified atom stereocenters. The van der Waals surface area contributed by atoms with Gasteiger partial charge in [-0.2, -0.15) is 0 Å². The van der Waals surface area contributed by atoms with Crippen molar-refractivity contribution in [2.75, 3.05) is 25.4 Å². The number of hydrogen-bond acceptors (Lipinski definition) is 5. The first kappa shape index (κ1) is 14.3. The SMILES string of the molecule is Nc1cccc(C(=O)N2CCCC(CO)C2)c1[N+](=O)[O-]. The zero-order valence-corrected chi connectivity index (χ0v) is 11.0. The predicted molar refractivity (Wildman–Crippen MR) is 73.2 cm³/mol. The van der Waals surface area contributed by atoms with Gasteiger partial charge in [-0.05, 0) is 30.9 Å². The third-order valence-electron chi connectivity index (χ3n) is 3.54. The molecule has 0 saturated carbocycles. The maximum Gasteiger partial charge on any atom is 0.304 e. The van der Waals surface area contributed by atoms with Crippen LogP contribution in [0, 0.1) is 16.0 Å². The lowest BCUT2D eigenvalue weighted by molar-refractivity contribution is -0.384. The summed E-state index contributed by atoms with van der Waals surface area (Å²) in [5.74, 6) is -0.366. The highest BCUT2D eigenvalue weighted by Gasteiger charge is 2.29. The number of nitrogen functional groups attached to an aromatic ring is 1.